The number of ether oxygens (including phenoxy) is 2. The Hall–Kier alpha value is -6.19. The highest BCUT2D eigenvalue weighted by Gasteiger charge is 2.15. The predicted octanol–water partition coefficient (Wildman–Crippen LogP) is 5.62. The number of pyridine rings is 2. The van der Waals surface area contributed by atoms with Crippen LogP contribution in [0.15, 0.2) is 94.9 Å². The molecular formula is C36H33ClF2N6O6. The molecule has 0 spiro atoms. The van der Waals surface area contributed by atoms with Crippen molar-refractivity contribution in [3.63, 3.8) is 0 Å². The fraction of sp³-hybridized carbons (Fsp3) is 0.167. The normalized spacial score (nSPS) is 11.3. The summed E-state index contributed by atoms with van der Waals surface area (Å²) >= 11 is 0. The van der Waals surface area contributed by atoms with Crippen molar-refractivity contribution in [1.82, 2.24) is 20.1 Å². The Labute approximate surface area is 298 Å². The number of hydrogen-bond acceptors (Lipinski definition) is 10. The zero-order chi connectivity index (χ0) is 36.5. The van der Waals surface area contributed by atoms with Gasteiger partial charge in [0.1, 0.15) is 29.1 Å². The van der Waals surface area contributed by atoms with E-state index in [1.54, 1.807) is 61.8 Å². The van der Waals surface area contributed by atoms with Crippen molar-refractivity contribution in [2.45, 2.75) is 26.1 Å². The zero-order valence-electron chi connectivity index (χ0n) is 27.7. The van der Waals surface area contributed by atoms with Crippen molar-refractivity contribution in [3.8, 4) is 35.2 Å². The van der Waals surface area contributed by atoms with Gasteiger partial charge in [0, 0.05) is 48.9 Å². The van der Waals surface area contributed by atoms with Gasteiger partial charge in [-0.15, -0.1) is 12.4 Å². The second kappa shape index (κ2) is 21.0. The summed E-state index contributed by atoms with van der Waals surface area (Å²) in [5.41, 5.74) is 8.87. The molecule has 0 radical (unpaired) electrons. The van der Waals surface area contributed by atoms with Crippen LogP contribution in [0.5, 0.6) is 0 Å². The summed E-state index contributed by atoms with van der Waals surface area (Å²) in [7, 11) is 2.93. The largest absolute Gasteiger partial charge is 0.479 e. The monoisotopic (exact) mass is 718 g/mol. The summed E-state index contributed by atoms with van der Waals surface area (Å²) in [6.45, 7) is 3.29. The average Bonchev–Trinajstić information content (AvgIpc) is 3.64. The third kappa shape index (κ3) is 13.7. The van der Waals surface area contributed by atoms with Crippen molar-refractivity contribution < 1.29 is 37.9 Å². The molecule has 5 rings (SSSR count). The van der Waals surface area contributed by atoms with Gasteiger partial charge in [-0.25, -0.2) is 13.6 Å². The van der Waals surface area contributed by atoms with Crippen molar-refractivity contribution >= 4 is 24.2 Å². The van der Waals surface area contributed by atoms with Crippen LogP contribution in [-0.4, -0.2) is 62.6 Å². The van der Waals surface area contributed by atoms with Crippen LogP contribution < -0.4 is 5.73 Å². The molecule has 0 saturated carbocycles. The van der Waals surface area contributed by atoms with Gasteiger partial charge in [0.25, 0.3) is 5.89 Å². The van der Waals surface area contributed by atoms with E-state index in [1.807, 2.05) is 6.92 Å². The number of methoxy groups -OCH3 is 2. The smallest absolute Gasteiger partial charge is 0.332 e. The lowest BCUT2D eigenvalue weighted by atomic mass is 10.2. The summed E-state index contributed by atoms with van der Waals surface area (Å²) in [5, 5.41) is 23.3. The molecule has 2 atom stereocenters. The minimum Gasteiger partial charge on any atom is -0.479 e. The van der Waals surface area contributed by atoms with Crippen LogP contribution in [0.1, 0.15) is 53.8 Å². The molecular weight excluding hydrogens is 686 g/mol. The molecule has 3 heterocycles. The molecule has 0 amide bonds. The van der Waals surface area contributed by atoms with Crippen LogP contribution in [0, 0.1) is 35.3 Å². The minimum atomic E-state index is -0.928. The maximum atomic E-state index is 13.1. The molecule has 0 aliphatic heterocycles. The quantitative estimate of drug-likeness (QED) is 0.0652. The predicted molar refractivity (Wildman–Crippen MR) is 186 cm³/mol. The van der Waals surface area contributed by atoms with E-state index < -0.39 is 12.1 Å². The number of aromatic nitrogens is 4. The van der Waals surface area contributed by atoms with Crippen LogP contribution in [0.2, 0.25) is 0 Å². The fourth-order valence-electron chi connectivity index (χ4n) is 3.40. The number of halogens is 3. The van der Waals surface area contributed by atoms with E-state index >= 15 is 0 Å². The number of amidine groups is 1. The molecule has 5 aromatic rings. The Bertz CT molecular complexity index is 2020. The van der Waals surface area contributed by atoms with Gasteiger partial charge in [-0.2, -0.15) is 4.98 Å². The summed E-state index contributed by atoms with van der Waals surface area (Å²) < 4.78 is 40.7. The van der Waals surface area contributed by atoms with Crippen LogP contribution >= 0.6 is 12.4 Å². The van der Waals surface area contributed by atoms with E-state index in [9.17, 15) is 13.6 Å². The maximum absolute atomic E-state index is 13.1. The third-order valence-corrected chi connectivity index (χ3v) is 6.32. The molecule has 3 aromatic heterocycles. The average molecular weight is 719 g/mol. The number of aliphatic carboxylic acids is 1. The molecule has 0 aliphatic carbocycles. The van der Waals surface area contributed by atoms with Gasteiger partial charge in [-0.3, -0.25) is 9.97 Å². The van der Waals surface area contributed by atoms with E-state index in [0.29, 0.717) is 45.4 Å². The van der Waals surface area contributed by atoms with Gasteiger partial charge in [0.2, 0.25) is 5.82 Å². The molecule has 264 valence electrons. The summed E-state index contributed by atoms with van der Waals surface area (Å²) in [6, 6.07) is 19.0. The maximum Gasteiger partial charge on any atom is 0.332 e. The van der Waals surface area contributed by atoms with Gasteiger partial charge in [-0.05, 0) is 74.5 Å². The summed E-state index contributed by atoms with van der Waals surface area (Å²) in [4.78, 5) is 22.3. The number of hydrogen-bond donors (Lipinski definition) is 3. The first-order chi connectivity index (χ1) is 24.0. The number of nitrogens with two attached hydrogens (primary N) is 1. The van der Waals surface area contributed by atoms with Crippen molar-refractivity contribution in [2.24, 2.45) is 10.9 Å². The number of rotatable bonds is 6. The van der Waals surface area contributed by atoms with E-state index in [4.69, 9.17) is 25.3 Å². The molecule has 15 heteroatoms. The zero-order valence-corrected chi connectivity index (χ0v) is 28.6. The molecule has 51 heavy (non-hydrogen) atoms. The van der Waals surface area contributed by atoms with Gasteiger partial charge >= 0.3 is 5.97 Å². The molecule has 2 unspecified atom stereocenters. The highest BCUT2D eigenvalue weighted by molar-refractivity contribution is 5.95. The molecule has 4 N–H and O–H groups in total. The topological polar surface area (TPSA) is 179 Å². The number of carboxylic acids is 1. The Kier molecular flexibility index (Phi) is 16.9. The van der Waals surface area contributed by atoms with Crippen molar-refractivity contribution in [2.75, 3.05) is 14.2 Å². The molecule has 12 nitrogen and oxygen atoms in total. The Morgan fingerprint density at radius 3 is 1.80 bits per heavy atom. The molecule has 0 fully saturated rings. The first kappa shape index (κ1) is 41.0. The number of benzene rings is 2. The Morgan fingerprint density at radius 1 is 0.843 bits per heavy atom. The minimum absolute atomic E-state index is 0. The number of oxime groups is 1. The Balaban J connectivity index is 0.000000299. The van der Waals surface area contributed by atoms with E-state index in [1.165, 1.54) is 44.5 Å². The molecule has 0 saturated heterocycles. The second-order valence-corrected chi connectivity index (χ2v) is 9.92. The van der Waals surface area contributed by atoms with Crippen LogP contribution in [0.4, 0.5) is 8.78 Å². The molecule has 0 aliphatic rings. The first-order valence-electron chi connectivity index (χ1n) is 14.6. The number of carbonyl (C=O) groups is 1. The lowest BCUT2D eigenvalue weighted by Crippen LogP contribution is -2.17. The molecule has 2 aromatic carbocycles. The summed E-state index contributed by atoms with van der Waals surface area (Å²) in [5.74, 6) is 10.6. The van der Waals surface area contributed by atoms with Crippen LogP contribution in [0.3, 0.4) is 0 Å². The SMILES string of the molecule is COC(C)C(=O)O.COC(C)c1nc(-c2ccc(C#Cc3cccc(F)c3)cn2)no1.Cl.N/C(=N\O)c1ccc(C#Cc2cccc(F)c2)cn1. The van der Waals surface area contributed by atoms with Crippen molar-refractivity contribution in [3.05, 3.63) is 131 Å². The highest BCUT2D eigenvalue weighted by Crippen LogP contribution is 2.18. The lowest BCUT2D eigenvalue weighted by Gasteiger charge is -2.00. The Morgan fingerprint density at radius 2 is 1.39 bits per heavy atom. The van der Waals surface area contributed by atoms with Gasteiger partial charge < -0.3 is 30.0 Å². The van der Waals surface area contributed by atoms with Gasteiger partial charge in [-0.1, -0.05) is 46.1 Å². The van der Waals surface area contributed by atoms with Gasteiger partial charge in [0.05, 0.1) is 0 Å². The van der Waals surface area contributed by atoms with E-state index in [2.05, 4.69) is 53.7 Å². The lowest BCUT2D eigenvalue weighted by molar-refractivity contribution is -0.147. The van der Waals surface area contributed by atoms with E-state index in [-0.39, 0.29) is 36.0 Å². The van der Waals surface area contributed by atoms with E-state index in [0.717, 1.165) is 0 Å². The van der Waals surface area contributed by atoms with Crippen LogP contribution in [0.25, 0.3) is 11.5 Å². The highest BCUT2D eigenvalue weighted by atomic mass is 35.5. The third-order valence-electron chi connectivity index (χ3n) is 6.32. The van der Waals surface area contributed by atoms with Gasteiger partial charge in [0.15, 0.2) is 11.9 Å². The summed E-state index contributed by atoms with van der Waals surface area (Å²) in [6.07, 6.45) is 2.15. The second-order valence-electron chi connectivity index (χ2n) is 9.92. The fourth-order valence-corrected chi connectivity index (χ4v) is 3.40. The van der Waals surface area contributed by atoms with Crippen molar-refractivity contribution in [1.29, 1.82) is 0 Å². The standard InChI is InChI=1S/C18H14FN3O2.C14H10FN3O.C4H8O3.ClH/c1-12(23-2)18-21-17(22-24-18)16-9-8-14(11-20-16)7-6-13-4-3-5-15(19)10-13;15-12-3-1-2-10(8-12)4-5-11-6-7-13(17-9-11)14(16)18-19;1-3(7-2)4(5)6;/h3-5,8-12H,1-2H3;1-3,6-9,19H,(H2,16,18);3H,1-2H3,(H,5,6);1H. The van der Waals surface area contributed by atoms with Crippen LogP contribution in [-0.2, 0) is 14.3 Å². The first-order valence-corrected chi connectivity index (χ1v) is 14.6. The number of nitrogens with zero attached hydrogens (tertiary/aromatic N) is 5. The number of carboxylic acid groups (broad SMARTS) is 1. The molecule has 0 bridgehead atoms.